The first kappa shape index (κ1) is 26.9. The van der Waals surface area contributed by atoms with Crippen molar-refractivity contribution in [1.82, 2.24) is 4.90 Å². The minimum absolute atomic E-state index is 0.200. The molecule has 0 fully saturated rings. The van der Waals surface area contributed by atoms with Crippen molar-refractivity contribution >= 4 is 27.1 Å². The van der Waals surface area contributed by atoms with E-state index in [1.807, 2.05) is 0 Å². The number of likely N-dealkylation sites (N-methyl/N-ethyl adjacent to an activating group) is 1. The molecule has 0 radical (unpaired) electrons. The fourth-order valence-electron chi connectivity index (χ4n) is 4.78. The second-order valence-electron chi connectivity index (χ2n) is 9.58. The Bertz CT molecular complexity index is 1260. The van der Waals surface area contributed by atoms with Crippen LogP contribution >= 0.6 is 15.9 Å². The Kier molecular flexibility index (Phi) is 9.76. The van der Waals surface area contributed by atoms with Gasteiger partial charge in [0, 0.05) is 16.9 Å². The summed E-state index contributed by atoms with van der Waals surface area (Å²) in [6.45, 7) is 3.83. The van der Waals surface area contributed by atoms with Crippen molar-refractivity contribution in [2.45, 2.75) is 25.7 Å². The second kappa shape index (κ2) is 13.4. The summed E-state index contributed by atoms with van der Waals surface area (Å²) in [6.07, 6.45) is 1.87. The Labute approximate surface area is 230 Å². The Hall–Kier alpha value is -3.14. The van der Waals surface area contributed by atoms with Crippen LogP contribution in [0.2, 0.25) is 0 Å². The highest BCUT2D eigenvalue weighted by molar-refractivity contribution is 9.10. The molecule has 0 N–H and O–H groups in total. The molecule has 2 nitrogen and oxygen atoms in total. The van der Waals surface area contributed by atoms with Crippen molar-refractivity contribution in [3.05, 3.63) is 136 Å². The number of allylic oxidation sites excluding steroid dienone is 2. The third-order valence-electron chi connectivity index (χ3n) is 6.68. The molecule has 0 aliphatic carbocycles. The molecular weight excluding hydrogens is 518 g/mol. The van der Waals surface area contributed by atoms with Crippen LogP contribution in [0.4, 0.5) is 0 Å². The van der Waals surface area contributed by atoms with Gasteiger partial charge >= 0.3 is 0 Å². The van der Waals surface area contributed by atoms with Crippen molar-refractivity contribution in [2.24, 2.45) is 0 Å². The number of hydrogen-bond donors (Lipinski definition) is 0. The monoisotopic (exact) mass is 553 g/mol. The highest BCUT2D eigenvalue weighted by Crippen LogP contribution is 2.42. The summed E-state index contributed by atoms with van der Waals surface area (Å²) in [4.78, 5) is 2.13. The van der Waals surface area contributed by atoms with Crippen LogP contribution in [0, 0.1) is 0 Å². The molecule has 0 aliphatic heterocycles. The smallest absolute Gasteiger partial charge is 0.119 e. The molecule has 1 atom stereocenters. The fraction of sp³-hybridized carbons (Fsp3) is 0.235. The first-order valence-electron chi connectivity index (χ1n) is 13.0. The summed E-state index contributed by atoms with van der Waals surface area (Å²) in [5, 5.41) is 0. The van der Waals surface area contributed by atoms with Crippen LogP contribution < -0.4 is 4.74 Å². The number of nitrogens with zero attached hydrogens (tertiary/aromatic N) is 1. The number of rotatable bonds is 11. The molecule has 0 saturated heterocycles. The van der Waals surface area contributed by atoms with Crippen LogP contribution in [0.5, 0.6) is 5.75 Å². The summed E-state index contributed by atoms with van der Waals surface area (Å²) in [7, 11) is 4.13. The summed E-state index contributed by atoms with van der Waals surface area (Å²) in [5.41, 5.74) is 7.92. The van der Waals surface area contributed by atoms with Crippen LogP contribution in [0.1, 0.15) is 41.5 Å². The summed E-state index contributed by atoms with van der Waals surface area (Å²) >= 11 is 3.63. The van der Waals surface area contributed by atoms with Gasteiger partial charge in [-0.1, -0.05) is 108 Å². The van der Waals surface area contributed by atoms with Gasteiger partial charge in [0.05, 0.1) is 0 Å². The van der Waals surface area contributed by atoms with Gasteiger partial charge < -0.3 is 9.64 Å². The van der Waals surface area contributed by atoms with E-state index in [-0.39, 0.29) is 5.92 Å². The Morgan fingerprint density at radius 2 is 1.38 bits per heavy atom. The molecule has 0 spiro atoms. The van der Waals surface area contributed by atoms with E-state index in [1.165, 1.54) is 33.4 Å². The van der Waals surface area contributed by atoms with E-state index in [0.717, 1.165) is 29.6 Å². The van der Waals surface area contributed by atoms with Gasteiger partial charge in [0.1, 0.15) is 12.4 Å². The fourth-order valence-corrected chi connectivity index (χ4v) is 5.05. The number of benzene rings is 4. The lowest BCUT2D eigenvalue weighted by Gasteiger charge is -2.26. The van der Waals surface area contributed by atoms with Gasteiger partial charge in [0.25, 0.3) is 0 Å². The first-order chi connectivity index (χ1) is 18.0. The first-order valence-corrected chi connectivity index (χ1v) is 13.8. The van der Waals surface area contributed by atoms with Gasteiger partial charge in [-0.05, 0) is 84.6 Å². The van der Waals surface area contributed by atoms with E-state index in [1.54, 1.807) is 0 Å². The van der Waals surface area contributed by atoms with Crippen LogP contribution in [0.3, 0.4) is 0 Å². The van der Waals surface area contributed by atoms with E-state index in [9.17, 15) is 0 Å². The summed E-state index contributed by atoms with van der Waals surface area (Å²) in [6, 6.07) is 39.2. The summed E-state index contributed by atoms with van der Waals surface area (Å²) in [5.74, 6) is 1.11. The van der Waals surface area contributed by atoms with Crippen LogP contribution in [-0.4, -0.2) is 32.1 Å². The molecular formula is C34H36BrNO. The van der Waals surface area contributed by atoms with E-state index < -0.39 is 0 Å². The van der Waals surface area contributed by atoms with E-state index in [2.05, 4.69) is 151 Å². The maximum absolute atomic E-state index is 6.01. The molecule has 0 heterocycles. The highest BCUT2D eigenvalue weighted by Gasteiger charge is 2.23. The third kappa shape index (κ3) is 7.44. The van der Waals surface area contributed by atoms with Gasteiger partial charge in [0.15, 0.2) is 0 Å². The van der Waals surface area contributed by atoms with Crippen molar-refractivity contribution in [2.75, 3.05) is 27.2 Å². The molecule has 0 aromatic heterocycles. The predicted molar refractivity (Wildman–Crippen MR) is 161 cm³/mol. The Morgan fingerprint density at radius 3 is 1.97 bits per heavy atom. The lowest BCUT2D eigenvalue weighted by atomic mass is 9.78. The molecule has 0 amide bonds. The maximum Gasteiger partial charge on any atom is 0.119 e. The SMILES string of the molecule is CC/C(=C(/c1ccc(OCCN(C)C)cc1)C(Cc1ccccc1)c1ccc(Br)cc1)c1ccccc1. The van der Waals surface area contributed by atoms with E-state index >= 15 is 0 Å². The number of ether oxygens (including phenoxy) is 1. The van der Waals surface area contributed by atoms with E-state index in [0.29, 0.717) is 6.61 Å². The number of hydrogen-bond acceptors (Lipinski definition) is 2. The van der Waals surface area contributed by atoms with Gasteiger partial charge in [0.2, 0.25) is 0 Å². The molecule has 1 unspecified atom stereocenters. The zero-order chi connectivity index (χ0) is 26.0. The molecule has 37 heavy (non-hydrogen) atoms. The molecule has 4 aromatic carbocycles. The van der Waals surface area contributed by atoms with Crippen molar-refractivity contribution < 1.29 is 4.74 Å². The average Bonchev–Trinajstić information content (AvgIpc) is 2.92. The van der Waals surface area contributed by atoms with Gasteiger partial charge in [-0.2, -0.15) is 0 Å². The zero-order valence-corrected chi connectivity index (χ0v) is 23.6. The zero-order valence-electron chi connectivity index (χ0n) is 22.0. The van der Waals surface area contributed by atoms with Crippen LogP contribution in [-0.2, 0) is 6.42 Å². The lowest BCUT2D eigenvalue weighted by Crippen LogP contribution is -2.19. The van der Waals surface area contributed by atoms with Crippen molar-refractivity contribution in [3.63, 3.8) is 0 Å². The van der Waals surface area contributed by atoms with Crippen molar-refractivity contribution in [3.8, 4) is 5.75 Å². The molecule has 4 aromatic rings. The minimum atomic E-state index is 0.200. The molecule has 0 saturated carbocycles. The largest absolute Gasteiger partial charge is 0.492 e. The van der Waals surface area contributed by atoms with Gasteiger partial charge in [-0.25, -0.2) is 0 Å². The van der Waals surface area contributed by atoms with Gasteiger partial charge in [-0.15, -0.1) is 0 Å². The normalized spacial score (nSPS) is 12.8. The number of halogens is 1. The third-order valence-corrected chi connectivity index (χ3v) is 7.21. The molecule has 4 rings (SSSR count). The van der Waals surface area contributed by atoms with Crippen LogP contribution in [0.25, 0.3) is 11.1 Å². The van der Waals surface area contributed by atoms with Gasteiger partial charge in [-0.3, -0.25) is 0 Å². The Morgan fingerprint density at radius 1 is 0.757 bits per heavy atom. The minimum Gasteiger partial charge on any atom is -0.492 e. The Balaban J connectivity index is 1.84. The highest BCUT2D eigenvalue weighted by atomic mass is 79.9. The standard InChI is InChI=1S/C34H36BrNO/c1-4-32(27-13-9-6-10-14-27)34(29-17-21-31(22-18-29)37-24-23-36(2)3)33(25-26-11-7-5-8-12-26)28-15-19-30(35)20-16-28/h5-22,33H,4,23-25H2,1-3H3/b34-32+. The molecule has 3 heteroatoms. The van der Waals surface area contributed by atoms with Crippen LogP contribution in [0.15, 0.2) is 114 Å². The maximum atomic E-state index is 6.01. The quantitative estimate of drug-likeness (QED) is 0.172. The molecule has 0 aliphatic rings. The lowest BCUT2D eigenvalue weighted by molar-refractivity contribution is 0.261. The average molecular weight is 555 g/mol. The molecule has 0 bridgehead atoms. The predicted octanol–water partition coefficient (Wildman–Crippen LogP) is 8.74. The van der Waals surface area contributed by atoms with Crippen molar-refractivity contribution in [1.29, 1.82) is 0 Å². The second-order valence-corrected chi connectivity index (χ2v) is 10.5. The molecule has 190 valence electrons. The summed E-state index contributed by atoms with van der Waals surface area (Å²) < 4.78 is 7.11. The topological polar surface area (TPSA) is 12.5 Å². The van der Waals surface area contributed by atoms with E-state index in [4.69, 9.17) is 4.74 Å².